The summed E-state index contributed by atoms with van der Waals surface area (Å²) in [5.74, 6) is 0.979. The number of thioether (sulfide) groups is 1. The number of rotatable bonds is 8. The molecule has 0 spiro atoms. The van der Waals surface area contributed by atoms with Crippen LogP contribution < -0.4 is 15.4 Å². The lowest BCUT2D eigenvalue weighted by molar-refractivity contribution is -0.113. The van der Waals surface area contributed by atoms with Gasteiger partial charge in [-0.05, 0) is 38.1 Å². The zero-order valence-corrected chi connectivity index (χ0v) is 18.5. The van der Waals surface area contributed by atoms with Gasteiger partial charge in [-0.2, -0.15) is 0 Å². The molecule has 10 nitrogen and oxygen atoms in total. The van der Waals surface area contributed by atoms with Gasteiger partial charge in [-0.15, -0.1) is 20.4 Å². The van der Waals surface area contributed by atoms with Crippen molar-refractivity contribution in [1.29, 1.82) is 0 Å². The SMILES string of the molecule is COc1ccc(C(=O)N[C@@H](C)c2nnc(SCC(=O)Nc3nnc(C)s3)n2C)cc1. The molecule has 0 fully saturated rings. The molecular weight excluding hydrogens is 426 g/mol. The Morgan fingerprint density at radius 3 is 2.57 bits per heavy atom. The Kier molecular flexibility index (Phi) is 7.00. The Bertz CT molecular complexity index is 1030. The van der Waals surface area contributed by atoms with Crippen molar-refractivity contribution in [3.63, 3.8) is 0 Å². The number of amides is 2. The van der Waals surface area contributed by atoms with Gasteiger partial charge < -0.3 is 14.6 Å². The standard InChI is InChI=1S/C18H21N7O3S2/c1-10(19-16(27)12-5-7-13(28-4)8-6-12)15-22-24-18(25(15)3)29-9-14(26)20-17-23-21-11(2)30-17/h5-8,10H,9H2,1-4H3,(H,19,27)(H,20,23,26)/t10-/m0/s1. The predicted molar refractivity (Wildman–Crippen MR) is 114 cm³/mol. The van der Waals surface area contributed by atoms with Crippen molar-refractivity contribution in [3.8, 4) is 5.75 Å². The van der Waals surface area contributed by atoms with E-state index in [1.54, 1.807) is 43.0 Å². The first-order chi connectivity index (χ1) is 14.4. The van der Waals surface area contributed by atoms with E-state index in [0.717, 1.165) is 5.01 Å². The van der Waals surface area contributed by atoms with Crippen LogP contribution in [0.15, 0.2) is 29.4 Å². The monoisotopic (exact) mass is 447 g/mol. The lowest BCUT2D eigenvalue weighted by atomic mass is 10.2. The minimum atomic E-state index is -0.371. The largest absolute Gasteiger partial charge is 0.497 e. The zero-order chi connectivity index (χ0) is 21.7. The number of ether oxygens (including phenoxy) is 1. The fraction of sp³-hybridized carbons (Fsp3) is 0.333. The topological polar surface area (TPSA) is 124 Å². The number of benzene rings is 1. The Labute approximate surface area is 181 Å². The van der Waals surface area contributed by atoms with Crippen LogP contribution in [0.25, 0.3) is 0 Å². The van der Waals surface area contributed by atoms with Crippen molar-refractivity contribution in [2.75, 3.05) is 18.2 Å². The molecule has 0 aliphatic carbocycles. The number of nitrogens with zero attached hydrogens (tertiary/aromatic N) is 5. The van der Waals surface area contributed by atoms with Crippen molar-refractivity contribution < 1.29 is 14.3 Å². The summed E-state index contributed by atoms with van der Waals surface area (Å²) in [6.07, 6.45) is 0. The first kappa shape index (κ1) is 21.7. The van der Waals surface area contributed by atoms with Gasteiger partial charge in [-0.25, -0.2) is 0 Å². The maximum Gasteiger partial charge on any atom is 0.251 e. The first-order valence-electron chi connectivity index (χ1n) is 8.94. The highest BCUT2D eigenvalue weighted by Gasteiger charge is 2.19. The molecule has 0 unspecified atom stereocenters. The van der Waals surface area contributed by atoms with Crippen LogP contribution in [0.5, 0.6) is 5.75 Å². The Balaban J connectivity index is 1.56. The van der Waals surface area contributed by atoms with E-state index in [4.69, 9.17) is 4.74 Å². The van der Waals surface area contributed by atoms with Gasteiger partial charge in [-0.1, -0.05) is 23.1 Å². The minimum Gasteiger partial charge on any atom is -0.497 e. The summed E-state index contributed by atoms with van der Waals surface area (Å²) in [4.78, 5) is 24.5. The smallest absolute Gasteiger partial charge is 0.251 e. The van der Waals surface area contributed by atoms with E-state index in [1.807, 2.05) is 13.8 Å². The normalized spacial score (nSPS) is 11.7. The number of anilines is 1. The highest BCUT2D eigenvalue weighted by Crippen LogP contribution is 2.21. The third-order valence-corrected chi connectivity index (χ3v) is 5.83. The van der Waals surface area contributed by atoms with Gasteiger partial charge in [0.1, 0.15) is 10.8 Å². The molecule has 12 heteroatoms. The molecule has 0 bridgehead atoms. The molecule has 3 aromatic rings. The second-order valence-electron chi connectivity index (χ2n) is 6.29. The number of hydrogen-bond acceptors (Lipinski definition) is 9. The maximum atomic E-state index is 12.5. The first-order valence-corrected chi connectivity index (χ1v) is 10.7. The van der Waals surface area contributed by atoms with Crippen molar-refractivity contribution in [2.24, 2.45) is 7.05 Å². The van der Waals surface area contributed by atoms with Crippen LogP contribution >= 0.6 is 23.1 Å². The number of nitrogens with one attached hydrogen (secondary N) is 2. The van der Waals surface area contributed by atoms with Crippen LogP contribution in [0.4, 0.5) is 5.13 Å². The van der Waals surface area contributed by atoms with Gasteiger partial charge in [0.05, 0.1) is 18.9 Å². The molecule has 0 saturated carbocycles. The average Bonchev–Trinajstić information content (AvgIpc) is 3.31. The zero-order valence-electron chi connectivity index (χ0n) is 16.9. The number of aryl methyl sites for hydroxylation is 1. The van der Waals surface area contributed by atoms with Crippen LogP contribution in [0.3, 0.4) is 0 Å². The van der Waals surface area contributed by atoms with Gasteiger partial charge in [0.15, 0.2) is 11.0 Å². The lowest BCUT2D eigenvalue weighted by Crippen LogP contribution is -2.28. The van der Waals surface area contributed by atoms with E-state index in [-0.39, 0.29) is 23.6 Å². The van der Waals surface area contributed by atoms with E-state index >= 15 is 0 Å². The summed E-state index contributed by atoms with van der Waals surface area (Å²) in [6.45, 7) is 3.64. The lowest BCUT2D eigenvalue weighted by Gasteiger charge is -2.14. The molecular formula is C18H21N7O3S2. The third kappa shape index (κ3) is 5.33. The summed E-state index contributed by atoms with van der Waals surface area (Å²) in [5, 5.41) is 23.4. The van der Waals surface area contributed by atoms with E-state index in [2.05, 4.69) is 31.0 Å². The molecule has 1 aromatic carbocycles. The van der Waals surface area contributed by atoms with Gasteiger partial charge in [-0.3, -0.25) is 14.9 Å². The number of hydrogen-bond donors (Lipinski definition) is 2. The molecule has 0 aliphatic rings. The van der Waals surface area contributed by atoms with Crippen molar-refractivity contribution >= 4 is 40.0 Å². The molecule has 3 rings (SSSR count). The molecule has 0 radical (unpaired) electrons. The quantitative estimate of drug-likeness (QED) is 0.504. The van der Waals surface area contributed by atoms with Crippen LogP contribution in [0.2, 0.25) is 0 Å². The molecule has 2 heterocycles. The molecule has 2 N–H and O–H groups in total. The van der Waals surface area contributed by atoms with E-state index < -0.39 is 0 Å². The Morgan fingerprint density at radius 1 is 1.20 bits per heavy atom. The molecule has 0 saturated heterocycles. The van der Waals surface area contributed by atoms with Crippen molar-refractivity contribution in [3.05, 3.63) is 40.7 Å². The number of carbonyl (C=O) groups excluding carboxylic acids is 2. The third-order valence-electron chi connectivity index (χ3n) is 4.06. The van der Waals surface area contributed by atoms with E-state index in [9.17, 15) is 9.59 Å². The fourth-order valence-corrected chi connectivity index (χ4v) is 3.87. The summed E-state index contributed by atoms with van der Waals surface area (Å²) < 4.78 is 6.86. The summed E-state index contributed by atoms with van der Waals surface area (Å²) in [7, 11) is 3.36. The highest BCUT2D eigenvalue weighted by atomic mass is 32.2. The highest BCUT2D eigenvalue weighted by molar-refractivity contribution is 7.99. The molecule has 0 aliphatic heterocycles. The summed E-state index contributed by atoms with van der Waals surface area (Å²) >= 11 is 2.56. The average molecular weight is 448 g/mol. The molecule has 158 valence electrons. The summed E-state index contributed by atoms with van der Waals surface area (Å²) in [5.41, 5.74) is 0.517. The van der Waals surface area contributed by atoms with E-state index in [1.165, 1.54) is 23.1 Å². The Hall–Kier alpha value is -2.99. The Morgan fingerprint density at radius 2 is 1.93 bits per heavy atom. The number of carbonyl (C=O) groups is 2. The van der Waals surface area contributed by atoms with Crippen molar-refractivity contribution in [2.45, 2.75) is 25.0 Å². The maximum absolute atomic E-state index is 12.5. The van der Waals surface area contributed by atoms with Gasteiger partial charge >= 0.3 is 0 Å². The van der Waals surface area contributed by atoms with Crippen LogP contribution in [-0.2, 0) is 11.8 Å². The summed E-state index contributed by atoms with van der Waals surface area (Å²) in [6, 6.07) is 6.47. The van der Waals surface area contributed by atoms with Gasteiger partial charge in [0.25, 0.3) is 5.91 Å². The minimum absolute atomic E-state index is 0.150. The van der Waals surface area contributed by atoms with Crippen LogP contribution in [-0.4, -0.2) is 49.6 Å². The molecule has 30 heavy (non-hydrogen) atoms. The second kappa shape index (κ2) is 9.67. The molecule has 2 aromatic heterocycles. The second-order valence-corrected chi connectivity index (χ2v) is 8.41. The number of aromatic nitrogens is 5. The van der Waals surface area contributed by atoms with Crippen LogP contribution in [0.1, 0.15) is 34.2 Å². The fourth-order valence-electron chi connectivity index (χ4n) is 2.55. The number of methoxy groups -OCH3 is 1. The predicted octanol–water partition coefficient (Wildman–Crippen LogP) is 2.21. The van der Waals surface area contributed by atoms with Gasteiger partial charge in [0.2, 0.25) is 11.0 Å². The van der Waals surface area contributed by atoms with Crippen LogP contribution in [0, 0.1) is 6.92 Å². The van der Waals surface area contributed by atoms with Crippen molar-refractivity contribution in [1.82, 2.24) is 30.3 Å². The van der Waals surface area contributed by atoms with E-state index in [0.29, 0.717) is 27.4 Å². The molecule has 2 amide bonds. The molecule has 1 atom stereocenters. The van der Waals surface area contributed by atoms with Gasteiger partial charge in [0, 0.05) is 12.6 Å².